The van der Waals surface area contributed by atoms with Gasteiger partial charge in [-0.2, -0.15) is 0 Å². The molecule has 5 nitrogen and oxygen atoms in total. The molecule has 0 N–H and O–H groups in total. The molecule has 2 aliphatic heterocycles. The normalized spacial score (nSPS) is 20.8. The Morgan fingerprint density at radius 1 is 1.22 bits per heavy atom. The van der Waals surface area contributed by atoms with Crippen molar-refractivity contribution in [3.63, 3.8) is 0 Å². The van der Waals surface area contributed by atoms with Crippen molar-refractivity contribution >= 4 is 5.91 Å². The van der Waals surface area contributed by atoms with E-state index in [1.165, 1.54) is 11.1 Å². The van der Waals surface area contributed by atoms with Crippen LogP contribution < -0.4 is 9.47 Å². The average molecular weight is 367 g/mol. The van der Waals surface area contributed by atoms with E-state index in [0.717, 1.165) is 23.5 Å². The summed E-state index contributed by atoms with van der Waals surface area (Å²) >= 11 is 0. The number of amides is 1. The third-order valence-corrected chi connectivity index (χ3v) is 5.43. The lowest BCUT2D eigenvalue weighted by Crippen LogP contribution is -2.41. The summed E-state index contributed by atoms with van der Waals surface area (Å²) in [5.41, 5.74) is 3.53. The molecule has 4 rings (SSSR count). The van der Waals surface area contributed by atoms with Gasteiger partial charge in [-0.15, -0.1) is 0 Å². The van der Waals surface area contributed by atoms with Crippen LogP contribution in [0.1, 0.15) is 22.8 Å². The summed E-state index contributed by atoms with van der Waals surface area (Å²) in [5.74, 6) is 1.53. The van der Waals surface area contributed by atoms with E-state index >= 15 is 0 Å². The third-order valence-electron chi connectivity index (χ3n) is 5.43. The van der Waals surface area contributed by atoms with E-state index in [1.807, 2.05) is 31.3 Å². The molecule has 5 heteroatoms. The van der Waals surface area contributed by atoms with Crippen LogP contribution >= 0.6 is 0 Å². The van der Waals surface area contributed by atoms with Gasteiger partial charge in [-0.3, -0.25) is 4.79 Å². The molecule has 1 amide bonds. The van der Waals surface area contributed by atoms with Gasteiger partial charge in [0.05, 0.1) is 26.2 Å². The van der Waals surface area contributed by atoms with Crippen LogP contribution in [-0.4, -0.2) is 44.7 Å². The Morgan fingerprint density at radius 3 is 2.93 bits per heavy atom. The number of carbonyl (C=O) groups excluding carboxylic acids is 1. The van der Waals surface area contributed by atoms with Crippen molar-refractivity contribution in [3.8, 4) is 11.5 Å². The summed E-state index contributed by atoms with van der Waals surface area (Å²) < 4.78 is 17.1. The standard InChI is InChI=1S/C22H25NO4/c1-23(13-21-19-6-4-3-5-15(19)9-10-26-21)22(24)17-11-16-12-18(25-2)7-8-20(16)27-14-17/h3-8,12,17,21H,9-11,13-14H2,1-2H3/t17-,21-/m1/s1. The summed E-state index contributed by atoms with van der Waals surface area (Å²) in [6, 6.07) is 14.1. The first-order chi connectivity index (χ1) is 13.2. The molecule has 0 aromatic heterocycles. The van der Waals surface area contributed by atoms with Gasteiger partial charge in [-0.25, -0.2) is 0 Å². The summed E-state index contributed by atoms with van der Waals surface area (Å²) in [4.78, 5) is 14.8. The maximum Gasteiger partial charge on any atom is 0.229 e. The van der Waals surface area contributed by atoms with E-state index in [2.05, 4.69) is 18.2 Å². The van der Waals surface area contributed by atoms with Crippen LogP contribution in [0, 0.1) is 5.92 Å². The van der Waals surface area contributed by atoms with Gasteiger partial charge in [0.25, 0.3) is 0 Å². The predicted molar refractivity (Wildman–Crippen MR) is 102 cm³/mol. The van der Waals surface area contributed by atoms with Crippen LogP contribution in [0.2, 0.25) is 0 Å². The second-order valence-corrected chi connectivity index (χ2v) is 7.21. The molecule has 27 heavy (non-hydrogen) atoms. The maximum absolute atomic E-state index is 13.0. The first-order valence-electron chi connectivity index (χ1n) is 9.40. The number of ether oxygens (including phenoxy) is 3. The Kier molecular flexibility index (Phi) is 5.03. The molecular formula is C22H25NO4. The van der Waals surface area contributed by atoms with Crippen LogP contribution in [0.3, 0.4) is 0 Å². The molecule has 0 fully saturated rings. The molecule has 2 heterocycles. The Balaban J connectivity index is 1.44. The van der Waals surface area contributed by atoms with Crippen LogP contribution in [0.4, 0.5) is 0 Å². The number of carbonyl (C=O) groups is 1. The first kappa shape index (κ1) is 17.9. The van der Waals surface area contributed by atoms with Crippen LogP contribution in [0.5, 0.6) is 11.5 Å². The fraction of sp³-hybridized carbons (Fsp3) is 0.409. The molecular weight excluding hydrogens is 342 g/mol. The van der Waals surface area contributed by atoms with Gasteiger partial charge in [0.15, 0.2) is 0 Å². The second kappa shape index (κ2) is 7.61. The topological polar surface area (TPSA) is 48.0 Å². The van der Waals surface area contributed by atoms with Gasteiger partial charge >= 0.3 is 0 Å². The average Bonchev–Trinajstić information content (AvgIpc) is 2.72. The Labute approximate surface area is 159 Å². The zero-order valence-corrected chi connectivity index (χ0v) is 15.8. The molecule has 0 saturated carbocycles. The van der Waals surface area contributed by atoms with E-state index in [-0.39, 0.29) is 17.9 Å². The van der Waals surface area contributed by atoms with Crippen LogP contribution in [-0.2, 0) is 22.4 Å². The molecule has 0 bridgehead atoms. The molecule has 0 aliphatic carbocycles. The lowest BCUT2D eigenvalue weighted by atomic mass is 9.94. The first-order valence-corrected chi connectivity index (χ1v) is 9.40. The van der Waals surface area contributed by atoms with Crippen molar-refractivity contribution < 1.29 is 19.0 Å². The number of fused-ring (bicyclic) bond motifs is 2. The summed E-state index contributed by atoms with van der Waals surface area (Å²) in [6.45, 7) is 1.66. The van der Waals surface area contributed by atoms with E-state index in [9.17, 15) is 4.79 Å². The predicted octanol–water partition coefficient (Wildman–Crippen LogP) is 3.02. The largest absolute Gasteiger partial charge is 0.497 e. The minimum atomic E-state index is -0.187. The van der Waals surface area contributed by atoms with Gasteiger partial charge in [0.1, 0.15) is 24.2 Å². The number of benzene rings is 2. The molecule has 2 atom stereocenters. The number of hydrogen-bond donors (Lipinski definition) is 0. The highest BCUT2D eigenvalue weighted by Gasteiger charge is 2.31. The van der Waals surface area contributed by atoms with E-state index in [4.69, 9.17) is 14.2 Å². The highest BCUT2D eigenvalue weighted by molar-refractivity contribution is 5.79. The molecule has 2 aromatic carbocycles. The zero-order valence-electron chi connectivity index (χ0n) is 15.8. The van der Waals surface area contributed by atoms with Gasteiger partial charge < -0.3 is 19.1 Å². The third kappa shape index (κ3) is 3.65. The highest BCUT2D eigenvalue weighted by Crippen LogP contribution is 2.32. The quantitative estimate of drug-likeness (QED) is 0.833. The van der Waals surface area contributed by atoms with Gasteiger partial charge in [0, 0.05) is 7.05 Å². The molecule has 0 saturated heterocycles. The van der Waals surface area contributed by atoms with E-state index < -0.39 is 0 Å². The molecule has 0 spiro atoms. The lowest BCUT2D eigenvalue weighted by Gasteiger charge is -2.32. The van der Waals surface area contributed by atoms with Gasteiger partial charge in [0.2, 0.25) is 5.91 Å². The Morgan fingerprint density at radius 2 is 2.07 bits per heavy atom. The van der Waals surface area contributed by atoms with Crippen molar-refractivity contribution in [1.29, 1.82) is 0 Å². The van der Waals surface area contributed by atoms with E-state index in [0.29, 0.717) is 26.2 Å². The molecule has 2 aromatic rings. The smallest absolute Gasteiger partial charge is 0.229 e. The van der Waals surface area contributed by atoms with Gasteiger partial charge in [-0.05, 0) is 47.7 Å². The van der Waals surface area contributed by atoms with Crippen LogP contribution in [0.25, 0.3) is 0 Å². The van der Waals surface area contributed by atoms with Crippen molar-refractivity contribution in [2.75, 3.05) is 33.9 Å². The molecule has 142 valence electrons. The zero-order chi connectivity index (χ0) is 18.8. The molecule has 2 aliphatic rings. The van der Waals surface area contributed by atoms with Crippen LogP contribution in [0.15, 0.2) is 42.5 Å². The van der Waals surface area contributed by atoms with Crippen molar-refractivity contribution in [3.05, 3.63) is 59.2 Å². The minimum absolute atomic E-state index is 0.0687. The van der Waals surface area contributed by atoms with E-state index in [1.54, 1.807) is 12.0 Å². The van der Waals surface area contributed by atoms with Gasteiger partial charge in [-0.1, -0.05) is 24.3 Å². The fourth-order valence-electron chi connectivity index (χ4n) is 3.93. The Hall–Kier alpha value is -2.53. The monoisotopic (exact) mass is 367 g/mol. The molecule has 0 unspecified atom stereocenters. The SMILES string of the molecule is COc1ccc2c(c1)C[C@@H](C(=O)N(C)C[C@H]1OCCc3ccccc31)CO2. The van der Waals surface area contributed by atoms with Crippen molar-refractivity contribution in [2.45, 2.75) is 18.9 Å². The van der Waals surface area contributed by atoms with Crippen molar-refractivity contribution in [1.82, 2.24) is 4.90 Å². The summed E-state index contributed by atoms with van der Waals surface area (Å²) in [7, 11) is 3.49. The fourth-order valence-corrected chi connectivity index (χ4v) is 3.93. The maximum atomic E-state index is 13.0. The number of rotatable bonds is 4. The molecule has 0 radical (unpaired) electrons. The van der Waals surface area contributed by atoms with Crippen molar-refractivity contribution in [2.24, 2.45) is 5.92 Å². The summed E-state index contributed by atoms with van der Waals surface area (Å²) in [6.07, 6.45) is 1.53. The second-order valence-electron chi connectivity index (χ2n) is 7.21. The minimum Gasteiger partial charge on any atom is -0.497 e. The number of nitrogens with zero attached hydrogens (tertiary/aromatic N) is 1. The number of methoxy groups -OCH3 is 1. The summed E-state index contributed by atoms with van der Waals surface area (Å²) in [5, 5.41) is 0. The number of likely N-dealkylation sites (N-methyl/N-ethyl adjacent to an activating group) is 1. The number of hydrogen-bond acceptors (Lipinski definition) is 4. The Bertz CT molecular complexity index is 835. The highest BCUT2D eigenvalue weighted by atomic mass is 16.5. The lowest BCUT2D eigenvalue weighted by molar-refractivity contribution is -0.137.